The first-order chi connectivity index (χ1) is 15.4. The van der Waals surface area contributed by atoms with Crippen LogP contribution in [0.4, 0.5) is 11.4 Å². The van der Waals surface area contributed by atoms with Crippen molar-refractivity contribution in [2.75, 3.05) is 10.6 Å². The van der Waals surface area contributed by atoms with E-state index in [0.29, 0.717) is 28.2 Å². The van der Waals surface area contributed by atoms with Crippen LogP contribution >= 0.6 is 35.4 Å². The molecule has 0 amide bonds. The van der Waals surface area contributed by atoms with Crippen molar-refractivity contribution in [3.63, 3.8) is 0 Å². The molecule has 2 heterocycles. The van der Waals surface area contributed by atoms with E-state index in [1.54, 1.807) is 12.3 Å². The van der Waals surface area contributed by atoms with Gasteiger partial charge >= 0.3 is 0 Å². The largest absolute Gasteiger partial charge is 0.330 e. The van der Waals surface area contributed by atoms with Crippen LogP contribution in [0.25, 0.3) is 0 Å². The molecule has 0 atom stereocenters. The number of aromatic nitrogens is 4. The summed E-state index contributed by atoms with van der Waals surface area (Å²) in [5.41, 5.74) is 5.71. The minimum Gasteiger partial charge on any atom is -0.330 e. The average Bonchev–Trinajstić information content (AvgIpc) is 3.30. The van der Waals surface area contributed by atoms with Gasteiger partial charge in [0.25, 0.3) is 0 Å². The summed E-state index contributed by atoms with van der Waals surface area (Å²) in [5.74, 6) is 0. The van der Waals surface area contributed by atoms with E-state index < -0.39 is 0 Å². The van der Waals surface area contributed by atoms with Gasteiger partial charge in [-0.15, -0.1) is 0 Å². The Hall–Kier alpha value is -2.87. The highest BCUT2D eigenvalue weighted by molar-refractivity contribution is 7.80. The van der Waals surface area contributed by atoms with E-state index in [0.717, 1.165) is 28.3 Å². The molecule has 2 N–H and O–H groups in total. The zero-order valence-electron chi connectivity index (χ0n) is 17.6. The van der Waals surface area contributed by atoms with Crippen molar-refractivity contribution in [1.82, 2.24) is 19.6 Å². The summed E-state index contributed by atoms with van der Waals surface area (Å²) in [4.78, 5) is 0. The number of benzene rings is 2. The first-order valence-electron chi connectivity index (χ1n) is 10.0. The van der Waals surface area contributed by atoms with Crippen LogP contribution in [0.2, 0.25) is 10.0 Å². The predicted molar refractivity (Wildman–Crippen MR) is 135 cm³/mol. The van der Waals surface area contributed by atoms with Crippen LogP contribution in [0, 0.1) is 13.8 Å². The summed E-state index contributed by atoms with van der Waals surface area (Å²) in [7, 11) is 0. The van der Waals surface area contributed by atoms with Crippen molar-refractivity contribution in [2.24, 2.45) is 0 Å². The van der Waals surface area contributed by atoms with E-state index in [-0.39, 0.29) is 0 Å². The molecule has 0 aliphatic carbocycles. The molecule has 2 aromatic heterocycles. The number of nitrogens with one attached hydrogen (secondary N) is 2. The fourth-order valence-electron chi connectivity index (χ4n) is 3.40. The van der Waals surface area contributed by atoms with Gasteiger partial charge in [0, 0.05) is 6.20 Å². The lowest BCUT2D eigenvalue weighted by Crippen LogP contribution is -2.19. The Morgan fingerprint density at radius 1 is 0.969 bits per heavy atom. The summed E-state index contributed by atoms with van der Waals surface area (Å²) in [5, 5.41) is 17.0. The maximum Gasteiger partial charge on any atom is 0.175 e. The molecule has 0 unspecified atom stereocenters. The Morgan fingerprint density at radius 2 is 1.75 bits per heavy atom. The van der Waals surface area contributed by atoms with Gasteiger partial charge in [-0.3, -0.25) is 9.36 Å². The molecular weight excluding hydrogens is 463 g/mol. The average molecular weight is 485 g/mol. The highest BCUT2D eigenvalue weighted by atomic mass is 35.5. The number of rotatable bonds is 6. The SMILES string of the molecule is Cc1nn(Cc2ccc(Cl)c(Cl)c2)c(C)c1NC(=S)Nc1cnn(Cc2ccccc2)c1. The molecule has 6 nitrogen and oxygen atoms in total. The third kappa shape index (κ3) is 5.30. The van der Waals surface area contributed by atoms with Gasteiger partial charge in [0.05, 0.1) is 52.1 Å². The van der Waals surface area contributed by atoms with Crippen molar-refractivity contribution in [2.45, 2.75) is 26.9 Å². The summed E-state index contributed by atoms with van der Waals surface area (Å²) >= 11 is 17.7. The molecule has 4 rings (SSSR count). The molecule has 0 saturated carbocycles. The molecule has 32 heavy (non-hydrogen) atoms. The number of hydrogen-bond donors (Lipinski definition) is 2. The van der Waals surface area contributed by atoms with Crippen LogP contribution in [-0.4, -0.2) is 24.7 Å². The molecule has 2 aromatic carbocycles. The molecule has 0 radical (unpaired) electrons. The smallest absolute Gasteiger partial charge is 0.175 e. The van der Waals surface area contributed by atoms with Crippen LogP contribution in [0.3, 0.4) is 0 Å². The molecule has 164 valence electrons. The number of anilines is 2. The second-order valence-corrected chi connectivity index (χ2v) is 8.67. The molecule has 4 aromatic rings. The van der Waals surface area contributed by atoms with Gasteiger partial charge in [-0.25, -0.2) is 0 Å². The van der Waals surface area contributed by atoms with Crippen LogP contribution in [0.1, 0.15) is 22.5 Å². The number of halogens is 2. The lowest BCUT2D eigenvalue weighted by molar-refractivity contribution is 0.659. The maximum atomic E-state index is 6.14. The quantitative estimate of drug-likeness (QED) is 0.333. The number of nitrogens with zero attached hydrogens (tertiary/aromatic N) is 4. The van der Waals surface area contributed by atoms with Gasteiger partial charge in [0.2, 0.25) is 0 Å². The Kier molecular flexibility index (Phi) is 6.79. The third-order valence-corrected chi connectivity index (χ3v) is 5.96. The first kappa shape index (κ1) is 22.3. The summed E-state index contributed by atoms with van der Waals surface area (Å²) < 4.78 is 3.78. The van der Waals surface area contributed by atoms with Crippen LogP contribution in [0.5, 0.6) is 0 Å². The van der Waals surface area contributed by atoms with Gasteiger partial charge in [-0.1, -0.05) is 59.6 Å². The van der Waals surface area contributed by atoms with E-state index in [9.17, 15) is 0 Å². The van der Waals surface area contributed by atoms with E-state index in [2.05, 4.69) is 33.0 Å². The standard InChI is InChI=1S/C23H22Cl2N6S/c1-15-22(16(2)31(29-15)13-18-8-9-20(24)21(25)10-18)28-23(32)27-19-11-26-30(14-19)12-17-6-4-3-5-7-17/h3-11,14H,12-13H2,1-2H3,(H2,27,28,32). The highest BCUT2D eigenvalue weighted by Gasteiger charge is 2.14. The minimum atomic E-state index is 0.476. The van der Waals surface area contributed by atoms with Gasteiger partial charge in [0.1, 0.15) is 0 Å². The van der Waals surface area contributed by atoms with E-state index in [1.165, 1.54) is 5.56 Å². The lowest BCUT2D eigenvalue weighted by Gasteiger charge is -2.10. The first-order valence-corrected chi connectivity index (χ1v) is 11.2. The van der Waals surface area contributed by atoms with Crippen LogP contribution in [0.15, 0.2) is 60.9 Å². The van der Waals surface area contributed by atoms with Crippen molar-refractivity contribution in [3.8, 4) is 0 Å². The molecule has 0 aliphatic rings. The zero-order chi connectivity index (χ0) is 22.7. The highest BCUT2D eigenvalue weighted by Crippen LogP contribution is 2.25. The van der Waals surface area contributed by atoms with E-state index in [1.807, 2.05) is 59.7 Å². The summed E-state index contributed by atoms with van der Waals surface area (Å²) in [6.45, 7) is 5.22. The number of aryl methyl sites for hydroxylation is 1. The second kappa shape index (κ2) is 9.73. The minimum absolute atomic E-state index is 0.476. The molecular formula is C23H22Cl2N6S. The van der Waals surface area contributed by atoms with Crippen molar-refractivity contribution >= 4 is 51.9 Å². The van der Waals surface area contributed by atoms with Gasteiger partial charge in [-0.2, -0.15) is 10.2 Å². The zero-order valence-corrected chi connectivity index (χ0v) is 20.0. The Bertz CT molecular complexity index is 1250. The van der Waals surface area contributed by atoms with Gasteiger partial charge in [0.15, 0.2) is 5.11 Å². The van der Waals surface area contributed by atoms with Gasteiger partial charge in [-0.05, 0) is 49.3 Å². The third-order valence-electron chi connectivity index (χ3n) is 5.01. The molecule has 0 bridgehead atoms. The topological polar surface area (TPSA) is 59.7 Å². The monoisotopic (exact) mass is 484 g/mol. The van der Waals surface area contributed by atoms with Crippen molar-refractivity contribution in [3.05, 3.63) is 93.5 Å². The van der Waals surface area contributed by atoms with Crippen molar-refractivity contribution < 1.29 is 0 Å². The van der Waals surface area contributed by atoms with Crippen LogP contribution in [-0.2, 0) is 13.1 Å². The van der Waals surface area contributed by atoms with Crippen molar-refractivity contribution in [1.29, 1.82) is 0 Å². The summed E-state index contributed by atoms with van der Waals surface area (Å²) in [6, 6.07) is 15.8. The summed E-state index contributed by atoms with van der Waals surface area (Å²) in [6.07, 6.45) is 3.68. The maximum absolute atomic E-state index is 6.14. The molecule has 0 fully saturated rings. The molecule has 0 aliphatic heterocycles. The molecule has 0 spiro atoms. The lowest BCUT2D eigenvalue weighted by atomic mass is 10.2. The fraction of sp³-hybridized carbons (Fsp3) is 0.174. The second-order valence-electron chi connectivity index (χ2n) is 7.44. The van der Waals surface area contributed by atoms with E-state index in [4.69, 9.17) is 35.4 Å². The van der Waals surface area contributed by atoms with E-state index >= 15 is 0 Å². The Labute approximate surface area is 202 Å². The molecule has 0 saturated heterocycles. The Morgan fingerprint density at radius 3 is 2.50 bits per heavy atom. The van der Waals surface area contributed by atoms with Gasteiger partial charge < -0.3 is 10.6 Å². The normalized spacial score (nSPS) is 10.9. The molecule has 9 heteroatoms. The number of hydrogen-bond acceptors (Lipinski definition) is 3. The Balaban J connectivity index is 1.41. The predicted octanol–water partition coefficient (Wildman–Crippen LogP) is 5.91. The van der Waals surface area contributed by atoms with Crippen LogP contribution < -0.4 is 10.6 Å². The number of thiocarbonyl (C=S) groups is 1. The fourth-order valence-corrected chi connectivity index (χ4v) is 3.94.